The van der Waals surface area contributed by atoms with Crippen molar-refractivity contribution in [2.45, 2.75) is 58.7 Å². The van der Waals surface area contributed by atoms with Crippen LogP contribution in [0.4, 0.5) is 5.69 Å². The molecular formula is C23H31N3O2S. The molecular weight excluding hydrogens is 382 g/mol. The Kier molecular flexibility index (Phi) is 6.63. The van der Waals surface area contributed by atoms with Gasteiger partial charge in [0.1, 0.15) is 6.04 Å². The summed E-state index contributed by atoms with van der Waals surface area (Å²) in [6.07, 6.45) is 1.42. The van der Waals surface area contributed by atoms with Crippen LogP contribution in [0.25, 0.3) is 0 Å². The molecule has 0 unspecified atom stereocenters. The smallest absolute Gasteiger partial charge is 0.242 e. The maximum Gasteiger partial charge on any atom is 0.242 e. The predicted molar refractivity (Wildman–Crippen MR) is 119 cm³/mol. The van der Waals surface area contributed by atoms with Crippen molar-refractivity contribution in [3.63, 3.8) is 0 Å². The van der Waals surface area contributed by atoms with Gasteiger partial charge < -0.3 is 15.1 Å². The molecule has 0 saturated carbocycles. The lowest BCUT2D eigenvalue weighted by Crippen LogP contribution is -2.52. The third-order valence-electron chi connectivity index (χ3n) is 5.15. The zero-order chi connectivity index (χ0) is 21.0. The highest BCUT2D eigenvalue weighted by atomic mass is 32.1. The van der Waals surface area contributed by atoms with E-state index in [1.54, 1.807) is 16.2 Å². The first-order chi connectivity index (χ1) is 13.7. The van der Waals surface area contributed by atoms with Gasteiger partial charge in [0.25, 0.3) is 0 Å². The van der Waals surface area contributed by atoms with E-state index in [4.69, 9.17) is 0 Å². The topological polar surface area (TPSA) is 52.7 Å². The zero-order valence-corrected chi connectivity index (χ0v) is 18.6. The van der Waals surface area contributed by atoms with Crippen LogP contribution in [0.2, 0.25) is 0 Å². The number of carbonyl (C=O) groups excluding carboxylic acids is 2. The third kappa shape index (κ3) is 5.60. The summed E-state index contributed by atoms with van der Waals surface area (Å²) < 4.78 is 0. The predicted octanol–water partition coefficient (Wildman–Crippen LogP) is 3.83. The lowest BCUT2D eigenvalue weighted by molar-refractivity contribution is -0.141. The Balaban J connectivity index is 1.68. The minimum Gasteiger partial charge on any atom is -0.370 e. The molecule has 0 saturated heterocycles. The second kappa shape index (κ2) is 8.99. The molecule has 1 N–H and O–H groups in total. The van der Waals surface area contributed by atoms with Gasteiger partial charge in [-0.25, -0.2) is 0 Å². The first kappa shape index (κ1) is 21.4. The summed E-state index contributed by atoms with van der Waals surface area (Å²) in [5.41, 5.74) is 2.24. The van der Waals surface area contributed by atoms with Gasteiger partial charge in [0.2, 0.25) is 11.8 Å². The molecule has 0 aliphatic carbocycles. The molecule has 3 rings (SSSR count). The van der Waals surface area contributed by atoms with E-state index in [0.717, 1.165) is 17.8 Å². The van der Waals surface area contributed by atoms with E-state index in [1.165, 1.54) is 11.3 Å². The van der Waals surface area contributed by atoms with E-state index in [2.05, 4.69) is 28.4 Å². The fraction of sp³-hybridized carbons (Fsp3) is 0.478. The summed E-state index contributed by atoms with van der Waals surface area (Å²) in [6.45, 7) is 9.75. The monoisotopic (exact) mass is 413 g/mol. The molecule has 6 heteroatoms. The molecule has 0 bridgehead atoms. The highest BCUT2D eigenvalue weighted by Gasteiger charge is 2.29. The SMILES string of the molecule is C[C@H](C(=O)NC(C)(C)C)N(Cc1cccs1)C(=O)CCN1CCc2ccccc21. The lowest BCUT2D eigenvalue weighted by Gasteiger charge is -2.31. The van der Waals surface area contributed by atoms with Crippen LogP contribution < -0.4 is 10.2 Å². The molecule has 1 atom stereocenters. The number of rotatable bonds is 7. The van der Waals surface area contributed by atoms with Crippen LogP contribution in [0.5, 0.6) is 0 Å². The van der Waals surface area contributed by atoms with E-state index in [-0.39, 0.29) is 17.4 Å². The average molecular weight is 414 g/mol. The molecule has 29 heavy (non-hydrogen) atoms. The van der Waals surface area contributed by atoms with Crippen molar-refractivity contribution in [3.8, 4) is 0 Å². The summed E-state index contributed by atoms with van der Waals surface area (Å²) in [4.78, 5) is 31.0. The Bertz CT molecular complexity index is 842. The van der Waals surface area contributed by atoms with Gasteiger partial charge in [-0.15, -0.1) is 11.3 Å². The lowest BCUT2D eigenvalue weighted by atomic mass is 10.1. The first-order valence-corrected chi connectivity index (χ1v) is 11.1. The van der Waals surface area contributed by atoms with Crippen molar-refractivity contribution >= 4 is 28.8 Å². The number of fused-ring (bicyclic) bond motifs is 1. The van der Waals surface area contributed by atoms with E-state index in [1.807, 2.05) is 51.3 Å². The quantitative estimate of drug-likeness (QED) is 0.750. The van der Waals surface area contributed by atoms with Crippen LogP contribution in [0.3, 0.4) is 0 Å². The van der Waals surface area contributed by atoms with Gasteiger partial charge in [0.15, 0.2) is 0 Å². The normalized spacial score (nSPS) is 14.4. The molecule has 2 aromatic rings. The molecule has 1 aromatic carbocycles. The first-order valence-electron chi connectivity index (χ1n) is 10.2. The maximum atomic E-state index is 13.2. The number of benzene rings is 1. The number of hydrogen-bond acceptors (Lipinski definition) is 4. The number of carbonyl (C=O) groups is 2. The largest absolute Gasteiger partial charge is 0.370 e. The van der Waals surface area contributed by atoms with E-state index < -0.39 is 6.04 Å². The van der Waals surface area contributed by atoms with Crippen LogP contribution >= 0.6 is 11.3 Å². The summed E-state index contributed by atoms with van der Waals surface area (Å²) >= 11 is 1.61. The molecule has 1 aliphatic rings. The summed E-state index contributed by atoms with van der Waals surface area (Å²) in [5, 5.41) is 5.00. The molecule has 1 aliphatic heterocycles. The van der Waals surface area contributed by atoms with Crippen LogP contribution in [-0.2, 0) is 22.6 Å². The van der Waals surface area contributed by atoms with Crippen molar-refractivity contribution in [1.29, 1.82) is 0 Å². The molecule has 0 radical (unpaired) electrons. The van der Waals surface area contributed by atoms with Gasteiger partial charge in [-0.3, -0.25) is 9.59 Å². The highest BCUT2D eigenvalue weighted by Crippen LogP contribution is 2.27. The van der Waals surface area contributed by atoms with Gasteiger partial charge in [-0.2, -0.15) is 0 Å². The molecule has 0 fully saturated rings. The van der Waals surface area contributed by atoms with Crippen LogP contribution in [0.15, 0.2) is 41.8 Å². The number of anilines is 1. The van der Waals surface area contributed by atoms with Crippen molar-refractivity contribution in [1.82, 2.24) is 10.2 Å². The standard InChI is InChI=1S/C23H31N3O2S/c1-17(22(28)24-23(2,3)4)26(16-19-9-7-15-29-19)21(27)12-14-25-13-11-18-8-5-6-10-20(18)25/h5-10,15,17H,11-14,16H2,1-4H3,(H,24,28)/t17-/m1/s1. The number of nitrogens with one attached hydrogen (secondary N) is 1. The Morgan fingerprint density at radius 3 is 2.66 bits per heavy atom. The Morgan fingerprint density at radius 2 is 1.97 bits per heavy atom. The molecule has 156 valence electrons. The van der Waals surface area contributed by atoms with Crippen molar-refractivity contribution in [2.75, 3.05) is 18.0 Å². The van der Waals surface area contributed by atoms with Gasteiger partial charge >= 0.3 is 0 Å². The van der Waals surface area contributed by atoms with Crippen LogP contribution in [0.1, 0.15) is 44.6 Å². The van der Waals surface area contributed by atoms with Crippen LogP contribution in [0, 0.1) is 0 Å². The summed E-state index contributed by atoms with van der Waals surface area (Å²) in [6, 6.07) is 11.8. The van der Waals surface area contributed by atoms with Crippen LogP contribution in [-0.4, -0.2) is 41.4 Å². The molecule has 2 heterocycles. The second-order valence-electron chi connectivity index (χ2n) is 8.63. The van der Waals surface area contributed by atoms with Crippen molar-refractivity contribution in [3.05, 3.63) is 52.2 Å². The number of thiophene rings is 1. The van der Waals surface area contributed by atoms with Crippen molar-refractivity contribution < 1.29 is 9.59 Å². The Morgan fingerprint density at radius 1 is 1.21 bits per heavy atom. The summed E-state index contributed by atoms with van der Waals surface area (Å²) in [5.74, 6) is -0.103. The minimum atomic E-state index is -0.519. The number of amides is 2. The minimum absolute atomic E-state index is 0.0133. The number of para-hydroxylation sites is 1. The fourth-order valence-electron chi connectivity index (χ4n) is 3.64. The van der Waals surface area contributed by atoms with E-state index in [0.29, 0.717) is 19.5 Å². The van der Waals surface area contributed by atoms with Gasteiger partial charge in [-0.1, -0.05) is 24.3 Å². The molecule has 2 amide bonds. The highest BCUT2D eigenvalue weighted by molar-refractivity contribution is 7.09. The molecule has 5 nitrogen and oxygen atoms in total. The van der Waals surface area contributed by atoms with Gasteiger partial charge in [0.05, 0.1) is 6.54 Å². The Hall–Kier alpha value is -2.34. The van der Waals surface area contributed by atoms with Crippen molar-refractivity contribution in [2.24, 2.45) is 0 Å². The molecule has 1 aromatic heterocycles. The maximum absolute atomic E-state index is 13.2. The van der Waals surface area contributed by atoms with E-state index in [9.17, 15) is 9.59 Å². The van der Waals surface area contributed by atoms with Gasteiger partial charge in [-0.05, 0) is 57.2 Å². The third-order valence-corrected chi connectivity index (χ3v) is 6.01. The Labute approximate surface area is 177 Å². The zero-order valence-electron chi connectivity index (χ0n) is 17.8. The number of hydrogen-bond donors (Lipinski definition) is 1. The second-order valence-corrected chi connectivity index (χ2v) is 9.66. The average Bonchev–Trinajstić information content (AvgIpc) is 3.32. The molecule has 0 spiro atoms. The van der Waals surface area contributed by atoms with E-state index >= 15 is 0 Å². The fourth-order valence-corrected chi connectivity index (χ4v) is 4.34. The summed E-state index contributed by atoms with van der Waals surface area (Å²) in [7, 11) is 0. The van der Waals surface area contributed by atoms with Gasteiger partial charge in [0, 0.05) is 35.6 Å². The number of nitrogens with zero attached hydrogens (tertiary/aromatic N) is 2.